The van der Waals surface area contributed by atoms with Crippen molar-refractivity contribution in [3.63, 3.8) is 0 Å². The van der Waals surface area contributed by atoms with Gasteiger partial charge < -0.3 is 5.32 Å². The number of anilines is 1. The van der Waals surface area contributed by atoms with Gasteiger partial charge in [-0.25, -0.2) is 4.98 Å². The summed E-state index contributed by atoms with van der Waals surface area (Å²) in [7, 11) is 0. The Kier molecular flexibility index (Phi) is 6.05. The smallest absolute Gasteiger partial charge is 0.263 e. The van der Waals surface area contributed by atoms with Crippen molar-refractivity contribution in [3.05, 3.63) is 62.8 Å². The minimum atomic E-state index is -0.131. The molecule has 1 aromatic carbocycles. The first kappa shape index (κ1) is 20.4. The molecule has 0 bridgehead atoms. The van der Waals surface area contributed by atoms with E-state index in [9.17, 15) is 9.59 Å². The van der Waals surface area contributed by atoms with Crippen LogP contribution in [0.15, 0.2) is 40.8 Å². The van der Waals surface area contributed by atoms with E-state index >= 15 is 0 Å². The summed E-state index contributed by atoms with van der Waals surface area (Å²) in [5.74, 6) is 0.0406. The van der Waals surface area contributed by atoms with Gasteiger partial charge in [-0.15, -0.1) is 17.9 Å². The fourth-order valence-corrected chi connectivity index (χ4v) is 4.96. The van der Waals surface area contributed by atoms with E-state index in [0.29, 0.717) is 17.1 Å². The Morgan fingerprint density at radius 1 is 1.25 bits per heavy atom. The highest BCUT2D eigenvalue weighted by atomic mass is 32.2. The van der Waals surface area contributed by atoms with Gasteiger partial charge in [0.05, 0.1) is 11.1 Å². The Morgan fingerprint density at radius 3 is 2.57 bits per heavy atom. The van der Waals surface area contributed by atoms with Crippen LogP contribution >= 0.6 is 23.1 Å². The van der Waals surface area contributed by atoms with Gasteiger partial charge in [0.1, 0.15) is 4.83 Å². The SMILES string of the molecule is C=CCn1c(SCC(=O)Nc2cc(C)cc(C)c2)nc2sc(C)c(C)c2c1=O. The van der Waals surface area contributed by atoms with E-state index in [4.69, 9.17) is 0 Å². The normalized spacial score (nSPS) is 11.0. The standard InChI is InChI=1S/C21H23N3O2S2/c1-6-7-24-20(26)18-14(4)15(5)28-19(18)23-21(24)27-11-17(25)22-16-9-12(2)8-13(3)10-16/h6,8-10H,1,7,11H2,2-5H3,(H,22,25). The molecule has 0 aliphatic carbocycles. The van der Waals surface area contributed by atoms with Gasteiger partial charge in [0.15, 0.2) is 5.16 Å². The van der Waals surface area contributed by atoms with E-state index in [2.05, 4.69) is 22.9 Å². The Morgan fingerprint density at radius 2 is 1.93 bits per heavy atom. The second kappa shape index (κ2) is 8.32. The molecule has 1 N–H and O–H groups in total. The van der Waals surface area contributed by atoms with Crippen molar-refractivity contribution in [2.75, 3.05) is 11.1 Å². The van der Waals surface area contributed by atoms with Crippen molar-refractivity contribution < 1.29 is 4.79 Å². The minimum Gasteiger partial charge on any atom is -0.325 e. The Labute approximate surface area is 172 Å². The van der Waals surface area contributed by atoms with Crippen LogP contribution in [0.25, 0.3) is 10.2 Å². The highest BCUT2D eigenvalue weighted by Crippen LogP contribution is 2.28. The molecule has 2 heterocycles. The molecule has 5 nitrogen and oxygen atoms in total. The van der Waals surface area contributed by atoms with E-state index in [1.165, 1.54) is 23.1 Å². The zero-order valence-corrected chi connectivity index (χ0v) is 18.1. The van der Waals surface area contributed by atoms with E-state index in [1.54, 1.807) is 10.6 Å². The molecule has 0 saturated heterocycles. The monoisotopic (exact) mass is 413 g/mol. The Hall–Kier alpha value is -2.38. The number of thiophene rings is 1. The second-order valence-electron chi connectivity index (χ2n) is 6.78. The first-order chi connectivity index (χ1) is 13.3. The van der Waals surface area contributed by atoms with Crippen LogP contribution in [0, 0.1) is 27.7 Å². The zero-order valence-electron chi connectivity index (χ0n) is 16.5. The summed E-state index contributed by atoms with van der Waals surface area (Å²) in [5, 5.41) is 4.11. The largest absolute Gasteiger partial charge is 0.325 e. The molecular weight excluding hydrogens is 390 g/mol. The first-order valence-electron chi connectivity index (χ1n) is 8.92. The molecular formula is C21H23N3O2S2. The van der Waals surface area contributed by atoms with Gasteiger partial charge in [-0.1, -0.05) is 23.9 Å². The maximum absolute atomic E-state index is 13.0. The third-order valence-corrected chi connectivity index (χ3v) is 6.48. The fourth-order valence-electron chi connectivity index (χ4n) is 3.08. The predicted octanol–water partition coefficient (Wildman–Crippen LogP) is 4.61. The number of hydrogen-bond donors (Lipinski definition) is 1. The molecule has 0 unspecified atom stereocenters. The third-order valence-electron chi connectivity index (χ3n) is 4.40. The summed E-state index contributed by atoms with van der Waals surface area (Å²) in [5.41, 5.74) is 3.86. The third kappa shape index (κ3) is 4.20. The van der Waals surface area contributed by atoms with E-state index < -0.39 is 0 Å². The average Bonchev–Trinajstić information content (AvgIpc) is 2.89. The lowest BCUT2D eigenvalue weighted by Crippen LogP contribution is -2.23. The summed E-state index contributed by atoms with van der Waals surface area (Å²) in [6.07, 6.45) is 1.67. The van der Waals surface area contributed by atoms with Gasteiger partial charge in [0, 0.05) is 17.1 Å². The van der Waals surface area contributed by atoms with Crippen LogP contribution in [0.3, 0.4) is 0 Å². The first-order valence-corrected chi connectivity index (χ1v) is 10.7. The predicted molar refractivity (Wildman–Crippen MR) is 119 cm³/mol. The molecule has 0 spiro atoms. The molecule has 0 aliphatic heterocycles. The van der Waals surface area contributed by atoms with Gasteiger partial charge >= 0.3 is 0 Å². The summed E-state index contributed by atoms with van der Waals surface area (Å²) in [6.45, 7) is 12.0. The molecule has 3 aromatic rings. The van der Waals surface area contributed by atoms with Crippen molar-refractivity contribution in [2.24, 2.45) is 0 Å². The minimum absolute atomic E-state index is 0.0797. The van der Waals surface area contributed by atoms with Gasteiger partial charge in [-0.2, -0.15) is 0 Å². The fraction of sp³-hybridized carbons (Fsp3) is 0.286. The zero-order chi connectivity index (χ0) is 20.4. The Balaban J connectivity index is 1.85. The van der Waals surface area contributed by atoms with Crippen molar-refractivity contribution in [2.45, 2.75) is 39.4 Å². The number of carbonyl (C=O) groups excluding carboxylic acids is 1. The van der Waals surface area contributed by atoms with E-state index in [-0.39, 0.29) is 17.2 Å². The van der Waals surface area contributed by atoms with Crippen molar-refractivity contribution in [1.82, 2.24) is 9.55 Å². The van der Waals surface area contributed by atoms with Crippen LogP contribution in [-0.4, -0.2) is 21.2 Å². The number of aromatic nitrogens is 2. The summed E-state index contributed by atoms with van der Waals surface area (Å²) in [6, 6.07) is 5.93. The molecule has 3 rings (SSSR count). The molecule has 146 valence electrons. The average molecular weight is 414 g/mol. The number of nitrogens with one attached hydrogen (secondary N) is 1. The lowest BCUT2D eigenvalue weighted by atomic mass is 10.1. The highest BCUT2D eigenvalue weighted by molar-refractivity contribution is 7.99. The number of rotatable bonds is 6. The molecule has 2 aromatic heterocycles. The molecule has 28 heavy (non-hydrogen) atoms. The highest BCUT2D eigenvalue weighted by Gasteiger charge is 2.17. The van der Waals surface area contributed by atoms with Crippen molar-refractivity contribution in [1.29, 1.82) is 0 Å². The maximum atomic E-state index is 13.0. The lowest BCUT2D eigenvalue weighted by Gasteiger charge is -2.11. The van der Waals surface area contributed by atoms with Crippen LogP contribution in [0.4, 0.5) is 5.69 Å². The number of benzene rings is 1. The lowest BCUT2D eigenvalue weighted by molar-refractivity contribution is -0.113. The van der Waals surface area contributed by atoms with Crippen LogP contribution in [-0.2, 0) is 11.3 Å². The van der Waals surface area contributed by atoms with E-state index in [0.717, 1.165) is 32.1 Å². The number of nitrogens with zero attached hydrogens (tertiary/aromatic N) is 2. The van der Waals surface area contributed by atoms with E-state index in [1.807, 2.05) is 39.8 Å². The number of amides is 1. The van der Waals surface area contributed by atoms with Crippen LogP contribution in [0.1, 0.15) is 21.6 Å². The number of allylic oxidation sites excluding steroid dienone is 1. The topological polar surface area (TPSA) is 64.0 Å². The number of carbonyl (C=O) groups is 1. The van der Waals surface area contributed by atoms with Crippen LogP contribution < -0.4 is 10.9 Å². The second-order valence-corrected chi connectivity index (χ2v) is 8.92. The molecule has 0 radical (unpaired) electrons. The van der Waals surface area contributed by atoms with Crippen molar-refractivity contribution in [3.8, 4) is 0 Å². The summed E-state index contributed by atoms with van der Waals surface area (Å²) < 4.78 is 1.59. The van der Waals surface area contributed by atoms with Gasteiger partial charge in [0.2, 0.25) is 5.91 Å². The molecule has 0 atom stereocenters. The van der Waals surface area contributed by atoms with Gasteiger partial charge in [-0.3, -0.25) is 14.2 Å². The molecule has 0 fully saturated rings. The number of fused-ring (bicyclic) bond motifs is 1. The summed E-state index contributed by atoms with van der Waals surface area (Å²) in [4.78, 5) is 31.8. The van der Waals surface area contributed by atoms with Crippen molar-refractivity contribution >= 4 is 44.9 Å². The number of thioether (sulfide) groups is 1. The maximum Gasteiger partial charge on any atom is 0.263 e. The Bertz CT molecular complexity index is 1110. The van der Waals surface area contributed by atoms with Gasteiger partial charge in [-0.05, 0) is 56.5 Å². The number of aryl methyl sites for hydroxylation is 4. The summed E-state index contributed by atoms with van der Waals surface area (Å²) >= 11 is 2.78. The van der Waals surface area contributed by atoms with Crippen LogP contribution in [0.2, 0.25) is 0 Å². The molecule has 0 aliphatic rings. The number of hydrogen-bond acceptors (Lipinski definition) is 5. The quantitative estimate of drug-likeness (QED) is 0.364. The molecule has 7 heteroatoms. The van der Waals surface area contributed by atoms with Crippen LogP contribution in [0.5, 0.6) is 0 Å². The molecule has 1 amide bonds. The van der Waals surface area contributed by atoms with Gasteiger partial charge in [0.25, 0.3) is 5.56 Å². The molecule has 0 saturated carbocycles.